The molecule has 0 saturated heterocycles. The number of carbonyl (C=O) groups is 5. The minimum Gasteiger partial charge on any atom is -0.480 e. The Hall–Kier alpha value is -2.69. The summed E-state index contributed by atoms with van der Waals surface area (Å²) in [6, 6.07) is -3.02. The number of carboxylic acid groups (broad SMARTS) is 1. The lowest BCUT2D eigenvalue weighted by Crippen LogP contribution is -2.57. The molecule has 3 atom stereocenters. The van der Waals surface area contributed by atoms with Crippen molar-refractivity contribution in [1.29, 1.82) is 0 Å². The normalized spacial score (nSPS) is 14.0. The highest BCUT2D eigenvalue weighted by Gasteiger charge is 2.29. The van der Waals surface area contributed by atoms with Gasteiger partial charge >= 0.3 is 5.97 Å². The third kappa shape index (κ3) is 8.97. The third-order valence-corrected chi connectivity index (χ3v) is 3.39. The monoisotopic (exact) mass is 373 g/mol. The number of carboxylic acids is 1. The summed E-state index contributed by atoms with van der Waals surface area (Å²) in [6.45, 7) is 4.15. The lowest BCUT2D eigenvalue weighted by molar-refractivity contribution is -0.139. The van der Waals surface area contributed by atoms with Crippen LogP contribution in [0.4, 0.5) is 0 Å². The first-order valence-electron chi connectivity index (χ1n) is 8.09. The molecule has 0 aromatic rings. The quantitative estimate of drug-likeness (QED) is 0.229. The molecule has 11 nitrogen and oxygen atoms in total. The second-order valence-electron chi connectivity index (χ2n) is 6.20. The molecule has 0 aliphatic heterocycles. The van der Waals surface area contributed by atoms with Crippen LogP contribution in [0.15, 0.2) is 0 Å². The van der Waals surface area contributed by atoms with Crippen molar-refractivity contribution in [3.8, 4) is 0 Å². The molecule has 0 fully saturated rings. The van der Waals surface area contributed by atoms with Crippen LogP contribution in [-0.2, 0) is 24.0 Å². The summed E-state index contributed by atoms with van der Waals surface area (Å²) in [5.74, 6) is -4.22. The van der Waals surface area contributed by atoms with Crippen molar-refractivity contribution in [1.82, 2.24) is 16.0 Å². The van der Waals surface area contributed by atoms with Crippen molar-refractivity contribution in [3.63, 3.8) is 0 Å². The van der Waals surface area contributed by atoms with E-state index in [1.807, 2.05) is 0 Å². The van der Waals surface area contributed by atoms with E-state index in [0.717, 1.165) is 0 Å². The van der Waals surface area contributed by atoms with Crippen LogP contribution >= 0.6 is 0 Å². The van der Waals surface area contributed by atoms with Gasteiger partial charge in [-0.1, -0.05) is 13.8 Å². The summed E-state index contributed by atoms with van der Waals surface area (Å²) < 4.78 is 0. The molecule has 0 aliphatic carbocycles. The van der Waals surface area contributed by atoms with E-state index in [-0.39, 0.29) is 18.8 Å². The molecule has 0 aromatic heterocycles. The van der Waals surface area contributed by atoms with Crippen LogP contribution in [0.3, 0.4) is 0 Å². The molecule has 11 heteroatoms. The molecule has 0 bridgehead atoms. The van der Waals surface area contributed by atoms with Gasteiger partial charge in [0.15, 0.2) is 0 Å². The topological polar surface area (TPSA) is 194 Å². The number of nitrogens with two attached hydrogens (primary N) is 2. The predicted molar refractivity (Wildman–Crippen MR) is 91.4 cm³/mol. The Labute approximate surface area is 151 Å². The van der Waals surface area contributed by atoms with E-state index < -0.39 is 54.3 Å². The average Bonchev–Trinajstić information content (AvgIpc) is 2.52. The lowest BCUT2D eigenvalue weighted by atomic mass is 10.0. The van der Waals surface area contributed by atoms with Crippen molar-refractivity contribution in [2.75, 3.05) is 6.54 Å². The van der Waals surface area contributed by atoms with E-state index in [0.29, 0.717) is 0 Å². The van der Waals surface area contributed by atoms with Gasteiger partial charge in [-0.2, -0.15) is 0 Å². The molecular weight excluding hydrogens is 346 g/mol. The van der Waals surface area contributed by atoms with Crippen LogP contribution < -0.4 is 27.4 Å². The zero-order chi connectivity index (χ0) is 20.4. The standard InChI is InChI=1S/C15H27N5O6/c1-7(2)12(15(26)18-6-11(22)23)20-14(25)9(4-5-10(17)21)19-13(24)8(3)16/h7-9,12H,4-6,16H2,1-3H3,(H2,17,21)(H,18,26)(H,19,24)(H,20,25)(H,22,23). The molecule has 0 saturated carbocycles. The summed E-state index contributed by atoms with van der Waals surface area (Å²) >= 11 is 0. The van der Waals surface area contributed by atoms with Crippen LogP contribution in [0.25, 0.3) is 0 Å². The molecule has 0 aromatic carbocycles. The third-order valence-electron chi connectivity index (χ3n) is 3.39. The fourth-order valence-electron chi connectivity index (χ4n) is 1.92. The Kier molecular flexibility index (Phi) is 9.89. The first-order valence-corrected chi connectivity index (χ1v) is 8.09. The maximum absolute atomic E-state index is 12.5. The zero-order valence-electron chi connectivity index (χ0n) is 15.1. The van der Waals surface area contributed by atoms with Gasteiger partial charge in [0.25, 0.3) is 0 Å². The highest BCUT2D eigenvalue weighted by atomic mass is 16.4. The van der Waals surface area contributed by atoms with Crippen molar-refractivity contribution in [3.05, 3.63) is 0 Å². The molecule has 3 unspecified atom stereocenters. The number of hydrogen-bond acceptors (Lipinski definition) is 6. The van der Waals surface area contributed by atoms with Gasteiger partial charge in [-0.25, -0.2) is 0 Å². The van der Waals surface area contributed by atoms with E-state index in [2.05, 4.69) is 16.0 Å². The number of rotatable bonds is 11. The number of aliphatic carboxylic acids is 1. The van der Waals surface area contributed by atoms with Crippen molar-refractivity contribution < 1.29 is 29.1 Å². The van der Waals surface area contributed by atoms with Gasteiger partial charge < -0.3 is 32.5 Å². The van der Waals surface area contributed by atoms with Crippen LogP contribution in [0, 0.1) is 5.92 Å². The summed E-state index contributed by atoms with van der Waals surface area (Å²) in [6.07, 6.45) is -0.226. The van der Waals surface area contributed by atoms with Crippen LogP contribution in [-0.4, -0.2) is 59.4 Å². The summed E-state index contributed by atoms with van der Waals surface area (Å²) in [5.41, 5.74) is 10.5. The average molecular weight is 373 g/mol. The smallest absolute Gasteiger partial charge is 0.322 e. The lowest BCUT2D eigenvalue weighted by Gasteiger charge is -2.25. The van der Waals surface area contributed by atoms with E-state index in [9.17, 15) is 24.0 Å². The molecule has 4 amide bonds. The van der Waals surface area contributed by atoms with E-state index in [1.165, 1.54) is 6.92 Å². The number of amides is 4. The van der Waals surface area contributed by atoms with Crippen molar-refractivity contribution in [2.24, 2.45) is 17.4 Å². The SMILES string of the molecule is CC(N)C(=O)NC(CCC(N)=O)C(=O)NC(C(=O)NCC(=O)O)C(C)C. The minimum absolute atomic E-state index is 0.0683. The second-order valence-corrected chi connectivity index (χ2v) is 6.20. The Morgan fingerprint density at radius 1 is 0.962 bits per heavy atom. The molecule has 26 heavy (non-hydrogen) atoms. The van der Waals surface area contributed by atoms with Gasteiger partial charge in [-0.05, 0) is 19.3 Å². The maximum Gasteiger partial charge on any atom is 0.322 e. The number of hydrogen-bond donors (Lipinski definition) is 6. The largest absolute Gasteiger partial charge is 0.480 e. The fourth-order valence-corrected chi connectivity index (χ4v) is 1.92. The fraction of sp³-hybridized carbons (Fsp3) is 0.667. The highest BCUT2D eigenvalue weighted by molar-refractivity contribution is 5.94. The first-order chi connectivity index (χ1) is 12.0. The molecule has 0 heterocycles. The molecule has 0 spiro atoms. The van der Waals surface area contributed by atoms with Gasteiger partial charge in [-0.3, -0.25) is 24.0 Å². The predicted octanol–water partition coefficient (Wildman–Crippen LogP) is -2.57. The van der Waals surface area contributed by atoms with E-state index in [4.69, 9.17) is 16.6 Å². The number of nitrogens with one attached hydrogen (secondary N) is 3. The van der Waals surface area contributed by atoms with Crippen molar-refractivity contribution in [2.45, 2.75) is 51.7 Å². The van der Waals surface area contributed by atoms with Gasteiger partial charge in [-0.15, -0.1) is 0 Å². The Morgan fingerprint density at radius 2 is 1.54 bits per heavy atom. The molecule has 0 radical (unpaired) electrons. The molecular formula is C15H27N5O6. The summed E-state index contributed by atoms with van der Waals surface area (Å²) in [5, 5.41) is 15.7. The zero-order valence-corrected chi connectivity index (χ0v) is 15.1. The van der Waals surface area contributed by atoms with E-state index >= 15 is 0 Å². The first kappa shape index (κ1) is 23.3. The van der Waals surface area contributed by atoms with Gasteiger partial charge in [0, 0.05) is 6.42 Å². The Bertz CT molecular complexity index is 549. The maximum atomic E-state index is 12.5. The van der Waals surface area contributed by atoms with Crippen LogP contribution in [0.5, 0.6) is 0 Å². The molecule has 0 rings (SSSR count). The van der Waals surface area contributed by atoms with Crippen LogP contribution in [0.2, 0.25) is 0 Å². The molecule has 0 aliphatic rings. The van der Waals surface area contributed by atoms with Gasteiger partial charge in [0.05, 0.1) is 6.04 Å². The molecule has 8 N–H and O–H groups in total. The summed E-state index contributed by atoms with van der Waals surface area (Å²) in [7, 11) is 0. The van der Waals surface area contributed by atoms with Crippen molar-refractivity contribution >= 4 is 29.6 Å². The van der Waals surface area contributed by atoms with E-state index in [1.54, 1.807) is 13.8 Å². The highest BCUT2D eigenvalue weighted by Crippen LogP contribution is 2.05. The Balaban J connectivity index is 5.12. The van der Waals surface area contributed by atoms with Crippen LogP contribution in [0.1, 0.15) is 33.6 Å². The number of carbonyl (C=O) groups excluding carboxylic acids is 4. The second kappa shape index (κ2) is 11.0. The van der Waals surface area contributed by atoms with Gasteiger partial charge in [0.1, 0.15) is 18.6 Å². The van der Waals surface area contributed by atoms with Gasteiger partial charge in [0.2, 0.25) is 23.6 Å². The summed E-state index contributed by atoms with van der Waals surface area (Å²) in [4.78, 5) is 57.8. The number of primary amides is 1. The Morgan fingerprint density at radius 3 is 1.96 bits per heavy atom. The molecule has 148 valence electrons. The minimum atomic E-state index is -1.23.